The zero-order chi connectivity index (χ0) is 21.7. The number of amides is 1. The van der Waals surface area contributed by atoms with Crippen LogP contribution in [0.15, 0.2) is 71.6 Å². The molecular weight excluding hydrogens is 417 g/mol. The molecule has 0 fully saturated rings. The van der Waals surface area contributed by atoms with Crippen molar-refractivity contribution in [2.45, 2.75) is 11.3 Å². The quantitative estimate of drug-likeness (QED) is 0.593. The first-order valence-corrected chi connectivity index (χ1v) is 10.3. The largest absolute Gasteiger partial charge is 0.322 e. The maximum absolute atomic E-state index is 14.1. The van der Waals surface area contributed by atoms with Gasteiger partial charge in [-0.3, -0.25) is 4.79 Å². The number of nitrogens with one attached hydrogen (secondary N) is 2. The standard InChI is InChI=1S/C21H17F3N2O3S/c22-18-9-7-16(30(28,29)25-11-10-14-4-2-1-3-5-14)13-17(18)21(27)26-15-6-8-19(23)20(24)12-15/h1-9,12-13,25H,10-11H2,(H,26,27). The molecule has 0 aromatic heterocycles. The molecule has 0 heterocycles. The number of halogens is 3. The molecule has 0 unspecified atom stereocenters. The monoisotopic (exact) mass is 434 g/mol. The average molecular weight is 434 g/mol. The molecule has 1 amide bonds. The summed E-state index contributed by atoms with van der Waals surface area (Å²) in [5.74, 6) is -4.25. The van der Waals surface area contributed by atoms with Crippen molar-refractivity contribution in [2.75, 3.05) is 11.9 Å². The lowest BCUT2D eigenvalue weighted by Crippen LogP contribution is -2.26. The number of hydrogen-bond donors (Lipinski definition) is 2. The van der Waals surface area contributed by atoms with Gasteiger partial charge < -0.3 is 5.32 Å². The molecule has 0 radical (unpaired) electrons. The molecule has 9 heteroatoms. The lowest BCUT2D eigenvalue weighted by molar-refractivity contribution is 0.102. The number of sulfonamides is 1. The average Bonchev–Trinajstić information content (AvgIpc) is 2.71. The van der Waals surface area contributed by atoms with Gasteiger partial charge in [0.15, 0.2) is 11.6 Å². The molecule has 0 spiro atoms. The summed E-state index contributed by atoms with van der Waals surface area (Å²) in [5, 5.41) is 2.21. The summed E-state index contributed by atoms with van der Waals surface area (Å²) in [5.41, 5.74) is 0.282. The van der Waals surface area contributed by atoms with E-state index in [1.54, 1.807) is 0 Å². The molecule has 5 nitrogen and oxygen atoms in total. The third kappa shape index (κ3) is 5.25. The smallest absolute Gasteiger partial charge is 0.258 e. The van der Waals surface area contributed by atoms with Crippen LogP contribution in [0.4, 0.5) is 18.9 Å². The fourth-order valence-corrected chi connectivity index (χ4v) is 3.73. The lowest BCUT2D eigenvalue weighted by atomic mass is 10.2. The van der Waals surface area contributed by atoms with Gasteiger partial charge >= 0.3 is 0 Å². The van der Waals surface area contributed by atoms with Gasteiger partial charge in [0, 0.05) is 18.3 Å². The van der Waals surface area contributed by atoms with Crippen molar-refractivity contribution in [3.05, 3.63) is 95.3 Å². The Morgan fingerprint density at radius 3 is 2.23 bits per heavy atom. The summed E-state index contributed by atoms with van der Waals surface area (Å²) in [7, 11) is -3.99. The number of benzene rings is 3. The molecule has 0 atom stereocenters. The van der Waals surface area contributed by atoms with E-state index < -0.39 is 38.9 Å². The minimum absolute atomic E-state index is 0.104. The van der Waals surface area contributed by atoms with Crippen molar-refractivity contribution in [3.63, 3.8) is 0 Å². The van der Waals surface area contributed by atoms with Crippen LogP contribution in [0.5, 0.6) is 0 Å². The van der Waals surface area contributed by atoms with E-state index in [0.717, 1.165) is 42.0 Å². The number of rotatable bonds is 7. The Balaban J connectivity index is 1.74. The molecule has 0 saturated carbocycles. The van der Waals surface area contributed by atoms with Crippen LogP contribution in [-0.2, 0) is 16.4 Å². The Hall–Kier alpha value is -3.17. The molecule has 0 aliphatic heterocycles. The molecule has 3 aromatic carbocycles. The highest BCUT2D eigenvalue weighted by Crippen LogP contribution is 2.18. The fraction of sp³-hybridized carbons (Fsp3) is 0.0952. The van der Waals surface area contributed by atoms with Gasteiger partial charge in [0.05, 0.1) is 10.5 Å². The van der Waals surface area contributed by atoms with Crippen LogP contribution in [0.25, 0.3) is 0 Å². The van der Waals surface area contributed by atoms with Crippen molar-refractivity contribution in [1.82, 2.24) is 4.72 Å². The number of carbonyl (C=O) groups is 1. The van der Waals surface area contributed by atoms with E-state index in [2.05, 4.69) is 10.0 Å². The normalized spacial score (nSPS) is 11.3. The highest BCUT2D eigenvalue weighted by Gasteiger charge is 2.20. The van der Waals surface area contributed by atoms with Crippen LogP contribution >= 0.6 is 0 Å². The third-order valence-electron chi connectivity index (χ3n) is 4.22. The van der Waals surface area contributed by atoms with Crippen molar-refractivity contribution in [1.29, 1.82) is 0 Å². The summed E-state index contributed by atoms with van der Waals surface area (Å²) in [6.45, 7) is 0.111. The molecule has 3 aromatic rings. The van der Waals surface area contributed by atoms with Crippen molar-refractivity contribution >= 4 is 21.6 Å². The van der Waals surface area contributed by atoms with Crippen molar-refractivity contribution in [2.24, 2.45) is 0 Å². The van der Waals surface area contributed by atoms with E-state index in [9.17, 15) is 26.4 Å². The Morgan fingerprint density at radius 1 is 0.833 bits per heavy atom. The topological polar surface area (TPSA) is 75.3 Å². The van der Waals surface area contributed by atoms with E-state index in [1.807, 2.05) is 30.3 Å². The Morgan fingerprint density at radius 2 is 1.53 bits per heavy atom. The number of carbonyl (C=O) groups excluding carboxylic acids is 1. The molecule has 3 rings (SSSR count). The second kappa shape index (κ2) is 9.10. The van der Waals surface area contributed by atoms with E-state index in [-0.39, 0.29) is 17.1 Å². The van der Waals surface area contributed by atoms with Gasteiger partial charge in [-0.2, -0.15) is 0 Å². The molecule has 0 aliphatic rings. The van der Waals surface area contributed by atoms with Crippen molar-refractivity contribution < 1.29 is 26.4 Å². The SMILES string of the molecule is O=C(Nc1ccc(F)c(F)c1)c1cc(S(=O)(=O)NCCc2ccccc2)ccc1F. The predicted octanol–water partition coefficient (Wildman–Crippen LogP) is 3.88. The van der Waals surface area contributed by atoms with E-state index in [0.29, 0.717) is 6.42 Å². The second-order valence-electron chi connectivity index (χ2n) is 6.36. The number of anilines is 1. The molecular formula is C21H17F3N2O3S. The summed E-state index contributed by atoms with van der Waals surface area (Å²) in [6.07, 6.45) is 0.449. The Bertz CT molecular complexity index is 1170. The van der Waals surface area contributed by atoms with E-state index in [1.165, 1.54) is 0 Å². The van der Waals surface area contributed by atoms with Gasteiger partial charge in [0.25, 0.3) is 5.91 Å². The summed E-state index contributed by atoms with van der Waals surface area (Å²) < 4.78 is 67.8. The zero-order valence-corrected chi connectivity index (χ0v) is 16.3. The van der Waals surface area contributed by atoms with Crippen LogP contribution in [0, 0.1) is 17.5 Å². The van der Waals surface area contributed by atoms with Crippen LogP contribution in [-0.4, -0.2) is 20.9 Å². The Kier molecular flexibility index (Phi) is 6.53. The van der Waals surface area contributed by atoms with Gasteiger partial charge in [-0.15, -0.1) is 0 Å². The maximum Gasteiger partial charge on any atom is 0.258 e. The highest BCUT2D eigenvalue weighted by molar-refractivity contribution is 7.89. The summed E-state index contributed by atoms with van der Waals surface area (Å²) in [4.78, 5) is 12.0. The second-order valence-corrected chi connectivity index (χ2v) is 8.12. The van der Waals surface area contributed by atoms with Crippen LogP contribution < -0.4 is 10.0 Å². The van der Waals surface area contributed by atoms with Gasteiger partial charge in [0.2, 0.25) is 10.0 Å². The van der Waals surface area contributed by atoms with Crippen molar-refractivity contribution in [3.8, 4) is 0 Å². The molecule has 2 N–H and O–H groups in total. The highest BCUT2D eigenvalue weighted by atomic mass is 32.2. The van der Waals surface area contributed by atoms with Crippen LogP contribution in [0.3, 0.4) is 0 Å². The third-order valence-corrected chi connectivity index (χ3v) is 5.68. The maximum atomic E-state index is 14.1. The first kappa shape index (κ1) is 21.5. The van der Waals surface area contributed by atoms with Gasteiger partial charge in [-0.25, -0.2) is 26.3 Å². The van der Waals surface area contributed by atoms with E-state index in [4.69, 9.17) is 0 Å². The van der Waals surface area contributed by atoms with E-state index >= 15 is 0 Å². The molecule has 0 aliphatic carbocycles. The molecule has 156 valence electrons. The van der Waals surface area contributed by atoms with Gasteiger partial charge in [-0.05, 0) is 42.3 Å². The van der Waals surface area contributed by atoms with Gasteiger partial charge in [0.1, 0.15) is 5.82 Å². The van der Waals surface area contributed by atoms with Gasteiger partial charge in [-0.1, -0.05) is 30.3 Å². The van der Waals surface area contributed by atoms with Crippen LogP contribution in [0.2, 0.25) is 0 Å². The lowest BCUT2D eigenvalue weighted by Gasteiger charge is -2.10. The first-order chi connectivity index (χ1) is 14.3. The minimum Gasteiger partial charge on any atom is -0.322 e. The fourth-order valence-electron chi connectivity index (χ4n) is 2.68. The Labute approximate surface area is 171 Å². The molecule has 0 saturated heterocycles. The summed E-state index contributed by atoms with van der Waals surface area (Å²) >= 11 is 0. The first-order valence-electron chi connectivity index (χ1n) is 8.86. The minimum atomic E-state index is -3.99. The zero-order valence-electron chi connectivity index (χ0n) is 15.5. The predicted molar refractivity (Wildman–Crippen MR) is 106 cm³/mol. The summed E-state index contributed by atoms with van der Waals surface area (Å²) in [6, 6.07) is 14.6. The number of hydrogen-bond acceptors (Lipinski definition) is 3. The molecule has 30 heavy (non-hydrogen) atoms. The molecule has 0 bridgehead atoms. The van der Waals surface area contributed by atoms with Crippen LogP contribution in [0.1, 0.15) is 15.9 Å².